The first-order valence-corrected chi connectivity index (χ1v) is 9.26. The molecule has 1 aromatic carbocycles. The Morgan fingerprint density at radius 2 is 1.97 bits per heavy atom. The summed E-state index contributed by atoms with van der Waals surface area (Å²) in [5, 5.41) is 10.8. The molecule has 0 amide bonds. The molecule has 2 aromatic rings. The Bertz CT molecular complexity index is 982. The zero-order chi connectivity index (χ0) is 22.8. The Labute approximate surface area is 171 Å². The zero-order valence-corrected chi connectivity index (χ0v) is 17.4. The lowest BCUT2D eigenvalue weighted by Crippen LogP contribution is -2.29. The minimum atomic E-state index is -3.33. The van der Waals surface area contributed by atoms with Crippen LogP contribution in [0.1, 0.15) is 43.5 Å². The van der Waals surface area contributed by atoms with Crippen LogP contribution in [0, 0.1) is 17.1 Å². The Kier molecular flexibility index (Phi) is 6.89. The number of aromatic amines is 1. The van der Waals surface area contributed by atoms with Crippen molar-refractivity contribution in [2.75, 3.05) is 31.0 Å². The van der Waals surface area contributed by atoms with Gasteiger partial charge in [0, 0.05) is 21.0 Å². The van der Waals surface area contributed by atoms with Gasteiger partial charge in [-0.05, 0) is 23.6 Å². The van der Waals surface area contributed by atoms with Gasteiger partial charge < -0.3 is 15.6 Å². The molecular weight excluding hydrogens is 402 g/mol. The maximum atomic E-state index is 14.3. The highest BCUT2D eigenvalue weighted by Gasteiger charge is 2.29. The predicted molar refractivity (Wildman–Crippen MR) is 109 cm³/mol. The summed E-state index contributed by atoms with van der Waals surface area (Å²) < 4.78 is 54.6. The molecule has 1 unspecified atom stereocenters. The lowest BCUT2D eigenvalue weighted by Gasteiger charge is -2.26. The number of halogens is 4. The van der Waals surface area contributed by atoms with Crippen LogP contribution in [0.5, 0.6) is 0 Å². The second-order valence-electron chi connectivity index (χ2n) is 7.61. The number of hydrogen-bond acceptors (Lipinski definition) is 5. The fraction of sp³-hybridized carbons (Fsp3) is 0.450. The molecule has 0 saturated carbocycles. The van der Waals surface area contributed by atoms with Gasteiger partial charge in [0.15, 0.2) is 0 Å². The number of anilines is 2. The first kappa shape index (κ1) is 23.4. The first-order chi connectivity index (χ1) is 13.9. The van der Waals surface area contributed by atoms with Crippen LogP contribution >= 0.6 is 0 Å². The monoisotopic (exact) mass is 427 g/mol. The van der Waals surface area contributed by atoms with E-state index in [1.54, 1.807) is 27.9 Å². The maximum absolute atomic E-state index is 14.3. The molecule has 10 heteroatoms. The Balaban J connectivity index is 2.58. The van der Waals surface area contributed by atoms with Gasteiger partial charge in [0.25, 0.3) is 11.5 Å². The third-order valence-electron chi connectivity index (χ3n) is 4.55. The van der Waals surface area contributed by atoms with Crippen LogP contribution in [0.25, 0.3) is 0 Å². The van der Waals surface area contributed by atoms with Gasteiger partial charge in [-0.2, -0.15) is 4.98 Å². The van der Waals surface area contributed by atoms with Crippen LogP contribution in [0.2, 0.25) is 0 Å². The van der Waals surface area contributed by atoms with E-state index >= 15 is 0 Å². The van der Waals surface area contributed by atoms with Crippen molar-refractivity contribution in [1.29, 1.82) is 5.41 Å². The van der Waals surface area contributed by atoms with Crippen LogP contribution in [0.4, 0.5) is 29.3 Å². The predicted octanol–water partition coefficient (Wildman–Crippen LogP) is 4.23. The maximum Gasteiger partial charge on any atom is 0.273 e. The van der Waals surface area contributed by atoms with Gasteiger partial charge in [-0.25, -0.2) is 17.6 Å². The van der Waals surface area contributed by atoms with Crippen molar-refractivity contribution in [3.8, 4) is 0 Å². The fourth-order valence-electron chi connectivity index (χ4n) is 2.99. The molecule has 0 aliphatic carbocycles. The van der Waals surface area contributed by atoms with Gasteiger partial charge in [0.05, 0.1) is 17.3 Å². The lowest BCUT2D eigenvalue weighted by molar-refractivity contribution is 0.0137. The number of alkyl halides is 3. The topological polar surface area (TPSA) is 84.9 Å². The number of benzene rings is 1. The fourth-order valence-corrected chi connectivity index (χ4v) is 2.99. The van der Waals surface area contributed by atoms with Gasteiger partial charge in [0.1, 0.15) is 23.9 Å². The molecule has 0 saturated heterocycles. The van der Waals surface area contributed by atoms with E-state index in [1.165, 1.54) is 11.0 Å². The molecule has 1 atom stereocenters. The van der Waals surface area contributed by atoms with Gasteiger partial charge in [-0.3, -0.25) is 9.78 Å². The molecule has 0 spiro atoms. The molecule has 1 aromatic heterocycles. The summed E-state index contributed by atoms with van der Waals surface area (Å²) in [6, 6.07) is 2.75. The average Bonchev–Trinajstić information content (AvgIpc) is 2.63. The number of nitrogens with one attached hydrogen (secondary N) is 3. The average molecular weight is 427 g/mol. The van der Waals surface area contributed by atoms with Crippen molar-refractivity contribution in [2.45, 2.75) is 32.7 Å². The van der Waals surface area contributed by atoms with Gasteiger partial charge in [0.2, 0.25) is 5.95 Å². The minimum absolute atomic E-state index is 0.0471. The molecule has 30 heavy (non-hydrogen) atoms. The van der Waals surface area contributed by atoms with Crippen molar-refractivity contribution in [3.05, 3.63) is 51.1 Å². The molecule has 0 aliphatic heterocycles. The standard InChI is InChI=1S/C20H25F4N5O/c1-10(2)16(11-6-7-12(13(22)8-11)20(3,23)24)26-17-15(14(25)9-21)18(30)28-19(27-17)29(4)5/h6-8,10,16,25H,9H2,1-5H3,(H2,26,27,28,30). The molecule has 0 aliphatic rings. The molecule has 3 N–H and O–H groups in total. The number of hydrogen-bond donors (Lipinski definition) is 3. The number of aromatic nitrogens is 2. The Morgan fingerprint density at radius 1 is 1.33 bits per heavy atom. The normalized spacial score (nSPS) is 12.7. The van der Waals surface area contributed by atoms with Crippen LogP contribution < -0.4 is 15.8 Å². The van der Waals surface area contributed by atoms with Crippen LogP contribution in [0.15, 0.2) is 23.0 Å². The van der Waals surface area contributed by atoms with E-state index in [0.717, 1.165) is 12.1 Å². The summed E-state index contributed by atoms with van der Waals surface area (Å²) in [6.07, 6.45) is 0. The molecular formula is C20H25F4N5O. The molecule has 0 fully saturated rings. The van der Waals surface area contributed by atoms with E-state index in [0.29, 0.717) is 12.5 Å². The van der Waals surface area contributed by atoms with Crippen molar-refractivity contribution >= 4 is 17.5 Å². The summed E-state index contributed by atoms with van der Waals surface area (Å²) in [6.45, 7) is 3.04. The van der Waals surface area contributed by atoms with Crippen molar-refractivity contribution in [2.24, 2.45) is 5.92 Å². The van der Waals surface area contributed by atoms with E-state index in [4.69, 9.17) is 5.41 Å². The summed E-state index contributed by atoms with van der Waals surface area (Å²) in [5.74, 6) is -4.45. The minimum Gasteiger partial charge on any atom is -0.362 e. The van der Waals surface area contributed by atoms with Gasteiger partial charge in [-0.15, -0.1) is 0 Å². The largest absolute Gasteiger partial charge is 0.362 e. The molecule has 0 radical (unpaired) electrons. The SMILES string of the molecule is CC(C)C(Nc1nc(N(C)C)[nH]c(=O)c1C(=N)CF)c1ccc(C(C)(F)F)c(F)c1. The molecule has 2 rings (SSSR count). The summed E-state index contributed by atoms with van der Waals surface area (Å²) in [5.41, 5.74) is -1.91. The molecule has 1 heterocycles. The third kappa shape index (κ3) is 4.98. The van der Waals surface area contributed by atoms with Crippen LogP contribution in [-0.4, -0.2) is 36.4 Å². The highest BCUT2D eigenvalue weighted by molar-refractivity contribution is 6.02. The van der Waals surface area contributed by atoms with Crippen LogP contribution in [-0.2, 0) is 5.92 Å². The molecule has 0 bridgehead atoms. The van der Waals surface area contributed by atoms with Gasteiger partial charge in [-0.1, -0.05) is 19.9 Å². The van der Waals surface area contributed by atoms with Crippen LogP contribution in [0.3, 0.4) is 0 Å². The van der Waals surface area contributed by atoms with E-state index in [2.05, 4.69) is 15.3 Å². The van der Waals surface area contributed by atoms with Gasteiger partial charge >= 0.3 is 0 Å². The number of rotatable bonds is 8. The summed E-state index contributed by atoms with van der Waals surface area (Å²) >= 11 is 0. The second-order valence-corrected chi connectivity index (χ2v) is 7.61. The van der Waals surface area contributed by atoms with Crippen molar-refractivity contribution in [1.82, 2.24) is 9.97 Å². The van der Waals surface area contributed by atoms with Crippen molar-refractivity contribution < 1.29 is 17.6 Å². The number of H-pyrrole nitrogens is 1. The highest BCUT2D eigenvalue weighted by atomic mass is 19.3. The first-order valence-electron chi connectivity index (χ1n) is 9.26. The third-order valence-corrected chi connectivity index (χ3v) is 4.55. The second kappa shape index (κ2) is 8.85. The van der Waals surface area contributed by atoms with E-state index in [9.17, 15) is 22.4 Å². The quantitative estimate of drug-likeness (QED) is 0.435. The zero-order valence-electron chi connectivity index (χ0n) is 17.4. The van der Waals surface area contributed by atoms with E-state index in [1.807, 2.05) is 0 Å². The summed E-state index contributed by atoms with van der Waals surface area (Å²) in [7, 11) is 3.28. The lowest BCUT2D eigenvalue weighted by atomic mass is 9.94. The summed E-state index contributed by atoms with van der Waals surface area (Å²) in [4.78, 5) is 20.7. The van der Waals surface area contributed by atoms with Crippen molar-refractivity contribution in [3.63, 3.8) is 0 Å². The Hall–Kier alpha value is -2.91. The Morgan fingerprint density at radius 3 is 2.43 bits per heavy atom. The number of nitrogens with zero attached hydrogens (tertiary/aromatic N) is 2. The smallest absolute Gasteiger partial charge is 0.273 e. The highest BCUT2D eigenvalue weighted by Crippen LogP contribution is 2.33. The molecule has 164 valence electrons. The molecule has 6 nitrogen and oxygen atoms in total. The van der Waals surface area contributed by atoms with E-state index < -0.39 is 41.3 Å². The van der Waals surface area contributed by atoms with E-state index in [-0.39, 0.29) is 23.2 Å².